The van der Waals surface area contributed by atoms with E-state index in [1.807, 2.05) is 29.8 Å². The SMILES string of the molecule is CN(Cc1nccn1C)c1nc(N)ncc1Br. The fraction of sp³-hybridized carbons (Fsp3) is 0.300. The largest absolute Gasteiger partial charge is 0.368 e. The molecule has 0 radical (unpaired) electrons. The van der Waals surface area contributed by atoms with Crippen LogP contribution in [0.4, 0.5) is 11.8 Å². The van der Waals surface area contributed by atoms with Crippen LogP contribution in [0.2, 0.25) is 0 Å². The van der Waals surface area contributed by atoms with Crippen LogP contribution in [0.1, 0.15) is 5.82 Å². The number of hydrogen-bond acceptors (Lipinski definition) is 5. The topological polar surface area (TPSA) is 72.9 Å². The van der Waals surface area contributed by atoms with Gasteiger partial charge in [-0.15, -0.1) is 0 Å². The minimum absolute atomic E-state index is 0.259. The fourth-order valence-corrected chi connectivity index (χ4v) is 1.97. The summed E-state index contributed by atoms with van der Waals surface area (Å²) in [6, 6.07) is 0. The van der Waals surface area contributed by atoms with Crippen LogP contribution in [-0.4, -0.2) is 26.6 Å². The number of aryl methyl sites for hydroxylation is 1. The number of nitrogen functional groups attached to an aromatic ring is 1. The van der Waals surface area contributed by atoms with Gasteiger partial charge < -0.3 is 15.2 Å². The molecule has 0 bridgehead atoms. The highest BCUT2D eigenvalue weighted by atomic mass is 79.9. The van der Waals surface area contributed by atoms with Crippen LogP contribution in [0, 0.1) is 0 Å². The van der Waals surface area contributed by atoms with Crippen LogP contribution in [0.3, 0.4) is 0 Å². The predicted octanol–water partition coefficient (Wildman–Crippen LogP) is 1.19. The maximum absolute atomic E-state index is 5.58. The lowest BCUT2D eigenvalue weighted by atomic mass is 10.4. The molecule has 0 aliphatic heterocycles. The van der Waals surface area contributed by atoms with Crippen molar-refractivity contribution in [1.82, 2.24) is 19.5 Å². The molecule has 0 aliphatic carbocycles. The summed E-state index contributed by atoms with van der Waals surface area (Å²) in [6.07, 6.45) is 5.33. The minimum atomic E-state index is 0.259. The van der Waals surface area contributed by atoms with Gasteiger partial charge in [-0.25, -0.2) is 9.97 Å². The van der Waals surface area contributed by atoms with Gasteiger partial charge >= 0.3 is 0 Å². The molecule has 0 aliphatic rings. The van der Waals surface area contributed by atoms with Crippen molar-refractivity contribution < 1.29 is 0 Å². The van der Waals surface area contributed by atoms with Gasteiger partial charge in [0.2, 0.25) is 5.95 Å². The Balaban J connectivity index is 2.23. The van der Waals surface area contributed by atoms with Gasteiger partial charge in [-0.1, -0.05) is 0 Å². The van der Waals surface area contributed by atoms with E-state index in [-0.39, 0.29) is 5.95 Å². The first-order chi connectivity index (χ1) is 8.08. The summed E-state index contributed by atoms with van der Waals surface area (Å²) in [5.74, 6) is 1.96. The predicted molar refractivity (Wildman–Crippen MR) is 69.5 cm³/mol. The second kappa shape index (κ2) is 4.70. The molecule has 6 nitrogen and oxygen atoms in total. The van der Waals surface area contributed by atoms with Crippen molar-refractivity contribution in [2.24, 2.45) is 7.05 Å². The quantitative estimate of drug-likeness (QED) is 0.921. The Hall–Kier alpha value is -1.63. The van der Waals surface area contributed by atoms with E-state index in [0.717, 1.165) is 16.1 Å². The van der Waals surface area contributed by atoms with E-state index in [0.29, 0.717) is 6.54 Å². The second-order valence-corrected chi connectivity index (χ2v) is 4.56. The summed E-state index contributed by atoms with van der Waals surface area (Å²) in [7, 11) is 3.89. The average Bonchev–Trinajstić information content (AvgIpc) is 2.68. The molecule has 0 amide bonds. The molecule has 2 aromatic heterocycles. The molecule has 0 saturated heterocycles. The van der Waals surface area contributed by atoms with Crippen LogP contribution in [0.15, 0.2) is 23.1 Å². The molecule has 0 fully saturated rings. The highest BCUT2D eigenvalue weighted by Crippen LogP contribution is 2.23. The third-order valence-corrected chi connectivity index (χ3v) is 2.96. The van der Waals surface area contributed by atoms with Gasteiger partial charge in [0.15, 0.2) is 0 Å². The van der Waals surface area contributed by atoms with Crippen LogP contribution < -0.4 is 10.6 Å². The highest BCUT2D eigenvalue weighted by molar-refractivity contribution is 9.10. The molecule has 0 unspecified atom stereocenters. The van der Waals surface area contributed by atoms with E-state index in [9.17, 15) is 0 Å². The molecule has 0 spiro atoms. The second-order valence-electron chi connectivity index (χ2n) is 3.71. The Morgan fingerprint density at radius 3 is 2.88 bits per heavy atom. The lowest BCUT2D eigenvalue weighted by Crippen LogP contribution is -2.21. The first kappa shape index (κ1) is 11.8. The Morgan fingerprint density at radius 1 is 1.47 bits per heavy atom. The number of anilines is 2. The molecule has 7 heteroatoms. The summed E-state index contributed by atoms with van der Waals surface area (Å²) < 4.78 is 2.78. The van der Waals surface area contributed by atoms with Gasteiger partial charge in [0.25, 0.3) is 0 Å². The van der Waals surface area contributed by atoms with Gasteiger partial charge in [0.1, 0.15) is 11.6 Å². The number of aromatic nitrogens is 4. The fourth-order valence-electron chi connectivity index (χ4n) is 1.47. The standard InChI is InChI=1S/C10H13BrN6/c1-16-4-3-13-8(16)6-17(2)9-7(11)5-14-10(12)15-9/h3-5H,6H2,1-2H3,(H2,12,14,15). The summed E-state index contributed by atoms with van der Waals surface area (Å²) >= 11 is 3.40. The maximum Gasteiger partial charge on any atom is 0.222 e. The van der Waals surface area contributed by atoms with Crippen LogP contribution in [0.5, 0.6) is 0 Å². The van der Waals surface area contributed by atoms with Crippen molar-refractivity contribution in [1.29, 1.82) is 0 Å². The number of nitrogens with two attached hydrogens (primary N) is 1. The maximum atomic E-state index is 5.58. The van der Waals surface area contributed by atoms with E-state index in [1.165, 1.54) is 0 Å². The smallest absolute Gasteiger partial charge is 0.222 e. The third-order valence-electron chi connectivity index (χ3n) is 2.41. The van der Waals surface area contributed by atoms with E-state index < -0.39 is 0 Å². The molecule has 2 aromatic rings. The summed E-state index contributed by atoms with van der Waals surface area (Å²) in [5.41, 5.74) is 5.58. The minimum Gasteiger partial charge on any atom is -0.368 e. The van der Waals surface area contributed by atoms with Crippen molar-refractivity contribution >= 4 is 27.7 Å². The molecular weight excluding hydrogens is 284 g/mol. The van der Waals surface area contributed by atoms with Crippen molar-refractivity contribution in [2.75, 3.05) is 17.7 Å². The molecule has 2 heterocycles. The molecule has 0 atom stereocenters. The summed E-state index contributed by atoms with van der Waals surface area (Å²) in [6.45, 7) is 0.651. The average molecular weight is 297 g/mol. The molecule has 0 aromatic carbocycles. The lowest BCUT2D eigenvalue weighted by molar-refractivity contribution is 0.753. The third kappa shape index (κ3) is 2.55. The van der Waals surface area contributed by atoms with E-state index in [4.69, 9.17) is 5.73 Å². The van der Waals surface area contributed by atoms with Crippen molar-refractivity contribution in [3.05, 3.63) is 28.9 Å². The summed E-state index contributed by atoms with van der Waals surface area (Å²) in [5, 5.41) is 0. The first-order valence-corrected chi connectivity index (χ1v) is 5.82. The van der Waals surface area contributed by atoms with Crippen molar-refractivity contribution in [3.8, 4) is 0 Å². The van der Waals surface area contributed by atoms with Gasteiger partial charge in [0.05, 0.1) is 11.0 Å². The van der Waals surface area contributed by atoms with E-state index in [2.05, 4.69) is 30.9 Å². The van der Waals surface area contributed by atoms with Gasteiger partial charge in [-0.2, -0.15) is 4.98 Å². The highest BCUT2D eigenvalue weighted by Gasteiger charge is 2.11. The molecule has 90 valence electrons. The van der Waals surface area contributed by atoms with E-state index >= 15 is 0 Å². The van der Waals surface area contributed by atoms with Crippen LogP contribution in [-0.2, 0) is 13.6 Å². The van der Waals surface area contributed by atoms with Crippen LogP contribution in [0.25, 0.3) is 0 Å². The monoisotopic (exact) mass is 296 g/mol. The zero-order valence-corrected chi connectivity index (χ0v) is 11.2. The Bertz CT molecular complexity index is 523. The Kier molecular flexibility index (Phi) is 3.28. The van der Waals surface area contributed by atoms with Crippen LogP contribution >= 0.6 is 15.9 Å². The van der Waals surface area contributed by atoms with Crippen molar-refractivity contribution in [3.63, 3.8) is 0 Å². The van der Waals surface area contributed by atoms with Gasteiger partial charge in [-0.3, -0.25) is 0 Å². The zero-order chi connectivity index (χ0) is 12.4. The molecule has 0 saturated carbocycles. The Morgan fingerprint density at radius 2 is 2.24 bits per heavy atom. The molecule has 2 N–H and O–H groups in total. The van der Waals surface area contributed by atoms with E-state index in [1.54, 1.807) is 12.4 Å². The van der Waals surface area contributed by atoms with Gasteiger partial charge in [-0.05, 0) is 15.9 Å². The lowest BCUT2D eigenvalue weighted by Gasteiger charge is -2.19. The van der Waals surface area contributed by atoms with Crippen molar-refractivity contribution in [2.45, 2.75) is 6.54 Å². The molecule has 2 rings (SSSR count). The first-order valence-electron chi connectivity index (χ1n) is 5.03. The number of nitrogens with zero attached hydrogens (tertiary/aromatic N) is 5. The number of rotatable bonds is 3. The Labute approximate surface area is 108 Å². The number of hydrogen-bond donors (Lipinski definition) is 1. The zero-order valence-electron chi connectivity index (χ0n) is 9.63. The number of imidazole rings is 1. The normalized spacial score (nSPS) is 10.5. The number of halogens is 1. The summed E-state index contributed by atoms with van der Waals surface area (Å²) in [4.78, 5) is 14.3. The molecular formula is C10H13BrN6. The van der Waals surface area contributed by atoms with Gasteiger partial charge in [0, 0.05) is 32.7 Å². The molecule has 17 heavy (non-hydrogen) atoms.